The van der Waals surface area contributed by atoms with Gasteiger partial charge in [-0.2, -0.15) is 5.10 Å². The molecule has 5 heteroatoms. The first-order chi connectivity index (χ1) is 6.57. The minimum absolute atomic E-state index is 0.219. The molecule has 1 rings (SSSR count). The van der Waals surface area contributed by atoms with E-state index in [1.165, 1.54) is 0 Å². The van der Waals surface area contributed by atoms with Gasteiger partial charge in [0, 0.05) is 19.4 Å². The summed E-state index contributed by atoms with van der Waals surface area (Å²) >= 11 is 0. The van der Waals surface area contributed by atoms with Crippen LogP contribution < -0.4 is 5.73 Å². The summed E-state index contributed by atoms with van der Waals surface area (Å²) in [6.07, 6.45) is 2.30. The molecule has 0 aliphatic heterocycles. The van der Waals surface area contributed by atoms with Crippen LogP contribution in [-0.4, -0.2) is 32.4 Å². The van der Waals surface area contributed by atoms with Crippen LogP contribution in [0.2, 0.25) is 0 Å². The van der Waals surface area contributed by atoms with Gasteiger partial charge in [0.1, 0.15) is 5.82 Å². The van der Waals surface area contributed by atoms with Gasteiger partial charge in [-0.1, -0.05) is 6.92 Å². The lowest BCUT2D eigenvalue weighted by Gasteiger charge is -2.18. The minimum Gasteiger partial charge on any atom is -0.388 e. The van der Waals surface area contributed by atoms with E-state index in [0.717, 1.165) is 18.7 Å². The second-order valence-corrected chi connectivity index (χ2v) is 3.83. The fraction of sp³-hybridized carbons (Fsp3) is 0.778. The first-order valence-electron chi connectivity index (χ1n) is 4.90. The minimum atomic E-state index is -0.900. The number of hydrogen-bond donors (Lipinski definition) is 3. The number of nitrogens with one attached hydrogen (secondary N) is 1. The zero-order valence-electron chi connectivity index (χ0n) is 8.75. The topological polar surface area (TPSA) is 87.8 Å². The van der Waals surface area contributed by atoms with Gasteiger partial charge in [-0.05, 0) is 13.3 Å². The maximum atomic E-state index is 9.70. The van der Waals surface area contributed by atoms with Crippen molar-refractivity contribution >= 4 is 0 Å². The molecule has 14 heavy (non-hydrogen) atoms. The zero-order valence-corrected chi connectivity index (χ0v) is 8.75. The quantitative estimate of drug-likeness (QED) is 0.622. The number of nitrogens with zero attached hydrogens (tertiary/aromatic N) is 2. The van der Waals surface area contributed by atoms with E-state index < -0.39 is 5.60 Å². The number of rotatable bonds is 5. The molecule has 1 aromatic rings. The van der Waals surface area contributed by atoms with Crippen LogP contribution in [0.3, 0.4) is 0 Å². The van der Waals surface area contributed by atoms with Crippen molar-refractivity contribution in [3.8, 4) is 0 Å². The lowest BCUT2D eigenvalue weighted by molar-refractivity contribution is 0.0676. The van der Waals surface area contributed by atoms with E-state index in [2.05, 4.69) is 22.1 Å². The maximum Gasteiger partial charge on any atom is 0.150 e. The van der Waals surface area contributed by atoms with Crippen molar-refractivity contribution in [2.75, 3.05) is 6.54 Å². The van der Waals surface area contributed by atoms with E-state index in [-0.39, 0.29) is 6.54 Å². The van der Waals surface area contributed by atoms with Crippen LogP contribution in [0.1, 0.15) is 31.9 Å². The van der Waals surface area contributed by atoms with Gasteiger partial charge in [0.05, 0.1) is 5.60 Å². The van der Waals surface area contributed by atoms with Crippen molar-refractivity contribution in [1.29, 1.82) is 0 Å². The van der Waals surface area contributed by atoms with Crippen LogP contribution in [0.25, 0.3) is 0 Å². The van der Waals surface area contributed by atoms with Crippen molar-refractivity contribution in [3.05, 3.63) is 11.6 Å². The average molecular weight is 198 g/mol. The van der Waals surface area contributed by atoms with Gasteiger partial charge < -0.3 is 10.8 Å². The number of aliphatic hydroxyl groups is 1. The van der Waals surface area contributed by atoms with E-state index in [1.54, 1.807) is 6.92 Å². The van der Waals surface area contributed by atoms with E-state index in [0.29, 0.717) is 12.2 Å². The Morgan fingerprint density at radius 3 is 2.86 bits per heavy atom. The molecule has 0 aromatic carbocycles. The Labute approximate surface area is 83.7 Å². The summed E-state index contributed by atoms with van der Waals surface area (Å²) in [7, 11) is 0. The Morgan fingerprint density at radius 2 is 2.29 bits per heavy atom. The third-order valence-electron chi connectivity index (χ3n) is 2.04. The molecule has 0 bridgehead atoms. The smallest absolute Gasteiger partial charge is 0.150 e. The summed E-state index contributed by atoms with van der Waals surface area (Å²) in [6, 6.07) is 0. The Morgan fingerprint density at radius 1 is 1.57 bits per heavy atom. The molecule has 0 aliphatic rings. The van der Waals surface area contributed by atoms with Gasteiger partial charge in [0.2, 0.25) is 0 Å². The van der Waals surface area contributed by atoms with Crippen molar-refractivity contribution in [3.63, 3.8) is 0 Å². The maximum absolute atomic E-state index is 9.70. The predicted molar refractivity (Wildman–Crippen MR) is 53.8 cm³/mol. The number of aromatic amines is 1. The largest absolute Gasteiger partial charge is 0.388 e. The number of aryl methyl sites for hydroxylation is 1. The number of aromatic nitrogens is 3. The second-order valence-electron chi connectivity index (χ2n) is 3.83. The molecule has 1 heterocycles. The molecular formula is C9H18N4O. The van der Waals surface area contributed by atoms with Gasteiger partial charge >= 0.3 is 0 Å². The molecule has 80 valence electrons. The summed E-state index contributed by atoms with van der Waals surface area (Å²) in [5.41, 5.74) is 4.51. The first-order valence-corrected chi connectivity index (χ1v) is 4.90. The Hall–Kier alpha value is -0.940. The summed E-state index contributed by atoms with van der Waals surface area (Å²) < 4.78 is 0. The summed E-state index contributed by atoms with van der Waals surface area (Å²) in [4.78, 5) is 4.25. The monoisotopic (exact) mass is 198 g/mol. The first kappa shape index (κ1) is 11.1. The molecule has 0 saturated heterocycles. The van der Waals surface area contributed by atoms with Gasteiger partial charge in [-0.3, -0.25) is 5.10 Å². The molecule has 4 N–H and O–H groups in total. The molecule has 0 fully saturated rings. The van der Waals surface area contributed by atoms with E-state index in [1.807, 2.05) is 0 Å². The van der Waals surface area contributed by atoms with Crippen LogP contribution in [0.15, 0.2) is 0 Å². The van der Waals surface area contributed by atoms with Crippen LogP contribution in [0.4, 0.5) is 0 Å². The molecule has 0 saturated carbocycles. The number of hydrogen-bond acceptors (Lipinski definition) is 4. The Kier molecular flexibility index (Phi) is 3.60. The Bertz CT molecular complexity index is 282. The summed E-state index contributed by atoms with van der Waals surface area (Å²) in [6.45, 7) is 3.98. The molecule has 5 nitrogen and oxygen atoms in total. The van der Waals surface area contributed by atoms with Crippen LogP contribution in [-0.2, 0) is 12.8 Å². The van der Waals surface area contributed by atoms with Crippen molar-refractivity contribution in [2.24, 2.45) is 5.73 Å². The van der Waals surface area contributed by atoms with Gasteiger partial charge in [0.25, 0.3) is 0 Å². The highest BCUT2D eigenvalue weighted by atomic mass is 16.3. The molecule has 0 amide bonds. The van der Waals surface area contributed by atoms with Gasteiger partial charge in [0.15, 0.2) is 5.82 Å². The highest BCUT2D eigenvalue weighted by Gasteiger charge is 2.20. The lowest BCUT2D eigenvalue weighted by Crippen LogP contribution is -2.36. The molecule has 0 aliphatic carbocycles. The fourth-order valence-electron chi connectivity index (χ4n) is 1.18. The molecule has 0 spiro atoms. The van der Waals surface area contributed by atoms with Gasteiger partial charge in [-0.25, -0.2) is 4.98 Å². The number of H-pyrrole nitrogens is 1. The molecule has 1 unspecified atom stereocenters. The average Bonchev–Trinajstić information content (AvgIpc) is 2.53. The molecule has 0 radical (unpaired) electrons. The fourth-order valence-corrected chi connectivity index (χ4v) is 1.18. The highest BCUT2D eigenvalue weighted by molar-refractivity contribution is 4.95. The Balaban J connectivity index is 2.59. The van der Waals surface area contributed by atoms with Crippen LogP contribution in [0.5, 0.6) is 0 Å². The third kappa shape index (κ3) is 3.08. The number of nitrogens with two attached hydrogens (primary N) is 1. The second kappa shape index (κ2) is 4.52. The summed E-state index contributed by atoms with van der Waals surface area (Å²) in [5.74, 6) is 1.50. The van der Waals surface area contributed by atoms with Gasteiger partial charge in [-0.15, -0.1) is 0 Å². The highest BCUT2D eigenvalue weighted by Crippen LogP contribution is 2.08. The normalized spacial score (nSPS) is 15.4. The molecular weight excluding hydrogens is 180 g/mol. The SMILES string of the molecule is CCCc1n[nH]c(CC(C)(O)CN)n1. The lowest BCUT2D eigenvalue weighted by atomic mass is 10.0. The van der Waals surface area contributed by atoms with E-state index in [9.17, 15) is 5.11 Å². The van der Waals surface area contributed by atoms with Crippen LogP contribution in [0, 0.1) is 0 Å². The molecule has 1 aromatic heterocycles. The predicted octanol–water partition coefficient (Wildman–Crippen LogP) is 0.00940. The van der Waals surface area contributed by atoms with E-state index >= 15 is 0 Å². The van der Waals surface area contributed by atoms with Crippen molar-refractivity contribution in [1.82, 2.24) is 15.2 Å². The molecule has 1 atom stereocenters. The third-order valence-corrected chi connectivity index (χ3v) is 2.04. The van der Waals surface area contributed by atoms with E-state index in [4.69, 9.17) is 5.73 Å². The van der Waals surface area contributed by atoms with Crippen LogP contribution >= 0.6 is 0 Å². The summed E-state index contributed by atoms with van der Waals surface area (Å²) in [5, 5.41) is 16.5. The van der Waals surface area contributed by atoms with Crippen molar-refractivity contribution in [2.45, 2.75) is 38.7 Å². The standard InChI is InChI=1S/C9H18N4O/c1-3-4-7-11-8(13-12-7)5-9(2,14)6-10/h14H,3-6,10H2,1-2H3,(H,11,12,13). The van der Waals surface area contributed by atoms with Crippen molar-refractivity contribution < 1.29 is 5.11 Å². The zero-order chi connectivity index (χ0) is 10.6.